The first-order chi connectivity index (χ1) is 13.0. The molecule has 2 heterocycles. The smallest absolute Gasteiger partial charge is 0.305 e. The van der Waals surface area contributed by atoms with Gasteiger partial charge in [-0.3, -0.25) is 9.59 Å². The van der Waals surface area contributed by atoms with E-state index < -0.39 is 12.0 Å². The van der Waals surface area contributed by atoms with Gasteiger partial charge < -0.3 is 19.5 Å². The first-order valence-corrected chi connectivity index (χ1v) is 9.36. The maximum atomic E-state index is 13.1. The number of aliphatic carboxylic acids is 1. The summed E-state index contributed by atoms with van der Waals surface area (Å²) in [7, 11) is 3.08. The molecule has 0 saturated carbocycles. The van der Waals surface area contributed by atoms with Crippen LogP contribution in [-0.4, -0.2) is 52.2 Å². The van der Waals surface area contributed by atoms with Crippen molar-refractivity contribution in [2.45, 2.75) is 32.2 Å². The van der Waals surface area contributed by atoms with Gasteiger partial charge >= 0.3 is 5.97 Å². The second-order valence-electron chi connectivity index (χ2n) is 6.17. The molecule has 9 heteroatoms. The number of amides is 1. The average molecular weight is 391 g/mol. The monoisotopic (exact) mass is 391 g/mol. The Bertz CT molecular complexity index is 867. The van der Waals surface area contributed by atoms with Gasteiger partial charge in [0.1, 0.15) is 4.88 Å². The number of carbonyl (C=O) groups is 2. The van der Waals surface area contributed by atoms with Gasteiger partial charge in [0.15, 0.2) is 11.5 Å². The van der Waals surface area contributed by atoms with Crippen molar-refractivity contribution in [3.63, 3.8) is 0 Å². The minimum absolute atomic E-state index is 0.193. The third-order valence-electron chi connectivity index (χ3n) is 4.72. The summed E-state index contributed by atoms with van der Waals surface area (Å²) in [5.41, 5.74) is 2.36. The van der Waals surface area contributed by atoms with Crippen LogP contribution in [0.5, 0.6) is 11.5 Å². The number of fused-ring (bicyclic) bond motifs is 1. The van der Waals surface area contributed by atoms with Crippen molar-refractivity contribution in [1.29, 1.82) is 0 Å². The van der Waals surface area contributed by atoms with E-state index in [1.807, 2.05) is 13.0 Å². The number of aryl methyl sites for hydroxylation is 1. The van der Waals surface area contributed by atoms with Crippen LogP contribution in [0, 0.1) is 0 Å². The quantitative estimate of drug-likeness (QED) is 0.806. The molecule has 1 atom stereocenters. The zero-order valence-electron chi connectivity index (χ0n) is 15.4. The summed E-state index contributed by atoms with van der Waals surface area (Å²) >= 11 is 1.05. The lowest BCUT2D eigenvalue weighted by Crippen LogP contribution is -2.41. The van der Waals surface area contributed by atoms with Crippen molar-refractivity contribution in [3.8, 4) is 11.5 Å². The predicted octanol–water partition coefficient (Wildman–Crippen LogP) is 2.33. The zero-order valence-corrected chi connectivity index (χ0v) is 16.2. The standard InChI is InChI=1S/C18H21N3O5S/c1-4-12-17(27-20-19-12)18(24)21-6-5-10-7-14(25-2)15(26-3)8-11(10)13(21)9-16(22)23/h7-8,13H,4-6,9H2,1-3H3,(H,22,23)/t13-/m1/s1. The summed E-state index contributed by atoms with van der Waals surface area (Å²) < 4.78 is 14.6. The molecule has 144 valence electrons. The van der Waals surface area contributed by atoms with Gasteiger partial charge in [-0.05, 0) is 47.6 Å². The minimum atomic E-state index is -0.974. The summed E-state index contributed by atoms with van der Waals surface area (Å²) in [6.07, 6.45) is 1.00. The van der Waals surface area contributed by atoms with E-state index in [0.717, 1.165) is 22.7 Å². The number of nitrogens with zero attached hydrogens (tertiary/aromatic N) is 3. The average Bonchev–Trinajstić information content (AvgIpc) is 3.15. The molecule has 3 rings (SSSR count). The van der Waals surface area contributed by atoms with Gasteiger partial charge in [0.2, 0.25) is 0 Å². The Hall–Kier alpha value is -2.68. The van der Waals surface area contributed by atoms with Crippen molar-refractivity contribution in [3.05, 3.63) is 33.8 Å². The summed E-state index contributed by atoms with van der Waals surface area (Å²) in [5, 5.41) is 13.4. The van der Waals surface area contributed by atoms with Crippen LogP contribution in [0.25, 0.3) is 0 Å². The lowest BCUT2D eigenvalue weighted by atomic mass is 9.89. The van der Waals surface area contributed by atoms with Gasteiger partial charge in [-0.25, -0.2) is 0 Å². The van der Waals surface area contributed by atoms with Crippen molar-refractivity contribution in [2.75, 3.05) is 20.8 Å². The molecule has 0 aliphatic carbocycles. The Balaban J connectivity index is 2.04. The number of benzene rings is 1. The van der Waals surface area contributed by atoms with Crippen molar-refractivity contribution >= 4 is 23.4 Å². The molecule has 1 aromatic carbocycles. The number of hydrogen-bond donors (Lipinski definition) is 1. The Morgan fingerprint density at radius 3 is 2.63 bits per heavy atom. The molecule has 0 unspecified atom stereocenters. The number of ether oxygens (including phenoxy) is 2. The van der Waals surface area contributed by atoms with Crippen LogP contribution >= 0.6 is 11.5 Å². The molecule has 1 aromatic heterocycles. The molecule has 2 aromatic rings. The predicted molar refractivity (Wildman–Crippen MR) is 98.6 cm³/mol. The largest absolute Gasteiger partial charge is 0.493 e. The van der Waals surface area contributed by atoms with Gasteiger partial charge in [-0.15, -0.1) is 5.10 Å². The topological polar surface area (TPSA) is 102 Å². The number of carbonyl (C=O) groups excluding carboxylic acids is 1. The van der Waals surface area contributed by atoms with E-state index in [9.17, 15) is 14.7 Å². The van der Waals surface area contributed by atoms with Crippen LogP contribution < -0.4 is 9.47 Å². The zero-order chi connectivity index (χ0) is 19.6. The maximum Gasteiger partial charge on any atom is 0.305 e. The fraction of sp³-hybridized carbons (Fsp3) is 0.444. The van der Waals surface area contributed by atoms with Gasteiger partial charge in [-0.2, -0.15) is 0 Å². The molecule has 0 saturated heterocycles. The molecule has 1 amide bonds. The summed E-state index contributed by atoms with van der Waals surface area (Å²) in [4.78, 5) is 26.7. The summed E-state index contributed by atoms with van der Waals surface area (Å²) in [6, 6.07) is 3.04. The van der Waals surface area contributed by atoms with E-state index in [4.69, 9.17) is 9.47 Å². The highest BCUT2D eigenvalue weighted by molar-refractivity contribution is 7.08. The third kappa shape index (κ3) is 3.59. The summed E-state index contributed by atoms with van der Waals surface area (Å²) in [5.74, 6) is -0.105. The Labute approximate surface area is 160 Å². The number of carboxylic acid groups (broad SMARTS) is 1. The van der Waals surface area contributed by atoms with Gasteiger partial charge in [0.05, 0.1) is 32.4 Å². The first kappa shape index (κ1) is 19.1. The van der Waals surface area contributed by atoms with Gasteiger partial charge in [0.25, 0.3) is 5.91 Å². The second-order valence-corrected chi connectivity index (χ2v) is 6.92. The Morgan fingerprint density at radius 2 is 2.00 bits per heavy atom. The number of carboxylic acids is 1. The van der Waals surface area contributed by atoms with Crippen LogP contribution in [0.15, 0.2) is 12.1 Å². The van der Waals surface area contributed by atoms with Crippen molar-refractivity contribution in [1.82, 2.24) is 14.5 Å². The van der Waals surface area contributed by atoms with E-state index in [0.29, 0.717) is 41.5 Å². The fourth-order valence-corrected chi connectivity index (χ4v) is 4.10. The molecule has 1 aliphatic heterocycles. The third-order valence-corrected chi connectivity index (χ3v) is 5.47. The number of rotatable bonds is 6. The number of aromatic nitrogens is 2. The van der Waals surface area contributed by atoms with E-state index in [2.05, 4.69) is 9.59 Å². The van der Waals surface area contributed by atoms with E-state index >= 15 is 0 Å². The fourth-order valence-electron chi connectivity index (χ4n) is 3.39. The first-order valence-electron chi connectivity index (χ1n) is 8.58. The van der Waals surface area contributed by atoms with E-state index in [-0.39, 0.29) is 12.3 Å². The van der Waals surface area contributed by atoms with Gasteiger partial charge in [0, 0.05) is 6.54 Å². The summed E-state index contributed by atoms with van der Waals surface area (Å²) in [6.45, 7) is 2.32. The molecule has 0 fully saturated rings. The molecular formula is C18H21N3O5S. The lowest BCUT2D eigenvalue weighted by molar-refractivity contribution is -0.138. The molecular weight excluding hydrogens is 370 g/mol. The van der Waals surface area contributed by atoms with E-state index in [1.54, 1.807) is 18.1 Å². The molecule has 0 bridgehead atoms. The molecule has 0 spiro atoms. The molecule has 0 radical (unpaired) electrons. The van der Waals surface area contributed by atoms with Crippen molar-refractivity contribution in [2.24, 2.45) is 0 Å². The Kier molecular flexibility index (Phi) is 5.59. The minimum Gasteiger partial charge on any atom is -0.493 e. The van der Waals surface area contributed by atoms with Crippen LogP contribution in [0.1, 0.15) is 45.9 Å². The maximum absolute atomic E-state index is 13.1. The molecule has 1 aliphatic rings. The van der Waals surface area contributed by atoms with Gasteiger partial charge in [-0.1, -0.05) is 11.4 Å². The van der Waals surface area contributed by atoms with Crippen molar-refractivity contribution < 1.29 is 24.2 Å². The van der Waals surface area contributed by atoms with Crippen LogP contribution in [0.4, 0.5) is 0 Å². The lowest BCUT2D eigenvalue weighted by Gasteiger charge is -2.37. The highest BCUT2D eigenvalue weighted by atomic mass is 32.1. The molecule has 27 heavy (non-hydrogen) atoms. The second kappa shape index (κ2) is 7.91. The molecule has 8 nitrogen and oxygen atoms in total. The van der Waals surface area contributed by atoms with E-state index in [1.165, 1.54) is 7.11 Å². The number of hydrogen-bond acceptors (Lipinski definition) is 7. The van der Waals surface area contributed by atoms with Crippen LogP contribution in [0.2, 0.25) is 0 Å². The molecule has 1 N–H and O–H groups in total. The highest BCUT2D eigenvalue weighted by Crippen LogP contribution is 2.40. The van der Waals surface area contributed by atoms with Crippen LogP contribution in [0.3, 0.4) is 0 Å². The number of methoxy groups -OCH3 is 2. The Morgan fingerprint density at radius 1 is 1.30 bits per heavy atom. The normalized spacial score (nSPS) is 16.0. The van der Waals surface area contributed by atoms with Crippen LogP contribution in [-0.2, 0) is 17.6 Å². The highest BCUT2D eigenvalue weighted by Gasteiger charge is 2.35. The SMILES string of the molecule is CCc1nnsc1C(=O)N1CCc2cc(OC)c(OC)cc2[C@H]1CC(=O)O.